The molecule has 0 aromatic heterocycles. The summed E-state index contributed by atoms with van der Waals surface area (Å²) in [6, 6.07) is 8.39. The number of carbonyl (C=O) groups is 1. The third-order valence-corrected chi connectivity index (χ3v) is 3.90. The summed E-state index contributed by atoms with van der Waals surface area (Å²) in [5.41, 5.74) is 2.69. The summed E-state index contributed by atoms with van der Waals surface area (Å²) in [7, 11) is 0. The van der Waals surface area contributed by atoms with E-state index in [-0.39, 0.29) is 11.7 Å². The van der Waals surface area contributed by atoms with Gasteiger partial charge in [0.15, 0.2) is 5.78 Å². The van der Waals surface area contributed by atoms with Crippen LogP contribution in [0.4, 0.5) is 0 Å². The monoisotopic (exact) mass is 246 g/mol. The molecule has 0 fully saturated rings. The number of hydrogen-bond acceptors (Lipinski definition) is 2. The highest BCUT2D eigenvalue weighted by Gasteiger charge is 2.26. The van der Waals surface area contributed by atoms with E-state index >= 15 is 0 Å². The van der Waals surface area contributed by atoms with Gasteiger partial charge in [0.2, 0.25) is 0 Å². The first-order valence-electron chi connectivity index (χ1n) is 6.88. The van der Waals surface area contributed by atoms with Crippen LogP contribution in [0.15, 0.2) is 24.3 Å². The molecule has 1 N–H and O–H groups in total. The summed E-state index contributed by atoms with van der Waals surface area (Å²) in [6.07, 6.45) is 3.00. The van der Waals surface area contributed by atoms with Crippen LogP contribution in [0.5, 0.6) is 0 Å². The maximum absolute atomic E-state index is 12.0. The quantitative estimate of drug-likeness (QED) is 0.886. The normalized spacial score (nSPS) is 20.6. The predicted molar refractivity (Wildman–Crippen MR) is 72.6 cm³/mol. The lowest BCUT2D eigenvalue weighted by Crippen LogP contribution is -2.28. The highest BCUT2D eigenvalue weighted by molar-refractivity contribution is 5.83. The van der Waals surface area contributed by atoms with Crippen LogP contribution in [-0.4, -0.2) is 17.0 Å². The van der Waals surface area contributed by atoms with E-state index < -0.39 is 6.10 Å². The number of aliphatic hydroxyl groups is 1. The smallest absolute Gasteiger partial charge is 0.162 e. The zero-order chi connectivity index (χ0) is 13.1. The molecule has 0 aliphatic heterocycles. The van der Waals surface area contributed by atoms with Gasteiger partial charge in [-0.3, -0.25) is 4.79 Å². The number of Topliss-reactive ketones (excluding diaryl/α,β-unsaturated/α-hetero) is 1. The van der Waals surface area contributed by atoms with Crippen molar-refractivity contribution in [2.45, 2.75) is 51.6 Å². The molecule has 0 saturated heterocycles. The average Bonchev–Trinajstić information content (AvgIpc) is 2.38. The minimum absolute atomic E-state index is 0.00768. The Balaban J connectivity index is 2.10. The summed E-state index contributed by atoms with van der Waals surface area (Å²) in [6.45, 7) is 3.77. The van der Waals surface area contributed by atoms with E-state index in [2.05, 4.69) is 18.2 Å². The number of benzene rings is 1. The van der Waals surface area contributed by atoms with Crippen LogP contribution in [-0.2, 0) is 11.2 Å². The molecule has 18 heavy (non-hydrogen) atoms. The maximum atomic E-state index is 12.0. The number of aliphatic hydroxyl groups excluding tert-OH is 1. The van der Waals surface area contributed by atoms with Crippen molar-refractivity contribution >= 4 is 5.78 Å². The fraction of sp³-hybridized carbons (Fsp3) is 0.562. The number of rotatable bonds is 4. The fourth-order valence-electron chi connectivity index (χ4n) is 2.80. The largest absolute Gasteiger partial charge is 0.385 e. The zero-order valence-corrected chi connectivity index (χ0v) is 11.2. The first-order chi connectivity index (χ1) is 8.59. The van der Waals surface area contributed by atoms with Crippen LogP contribution in [0.3, 0.4) is 0 Å². The summed E-state index contributed by atoms with van der Waals surface area (Å²) in [4.78, 5) is 12.0. The molecule has 0 bridgehead atoms. The van der Waals surface area contributed by atoms with Crippen LogP contribution in [0.1, 0.15) is 50.2 Å². The van der Waals surface area contributed by atoms with Gasteiger partial charge in [0, 0.05) is 6.42 Å². The van der Waals surface area contributed by atoms with Gasteiger partial charge in [0.1, 0.15) is 6.10 Å². The Kier molecular flexibility index (Phi) is 4.18. The fourth-order valence-corrected chi connectivity index (χ4v) is 2.80. The molecule has 1 aliphatic carbocycles. The Bertz CT molecular complexity index is 423. The average molecular weight is 246 g/mol. The highest BCUT2D eigenvalue weighted by atomic mass is 16.3. The van der Waals surface area contributed by atoms with Crippen molar-refractivity contribution in [1.82, 2.24) is 0 Å². The first kappa shape index (κ1) is 13.3. The molecule has 2 nitrogen and oxygen atoms in total. The lowest BCUT2D eigenvalue weighted by molar-refractivity contribution is -0.129. The molecule has 1 aliphatic rings. The van der Waals surface area contributed by atoms with Gasteiger partial charge in [-0.2, -0.15) is 0 Å². The number of carbonyl (C=O) groups excluding carboxylic acids is 1. The Morgan fingerprint density at radius 2 is 2.11 bits per heavy atom. The van der Waals surface area contributed by atoms with Crippen molar-refractivity contribution < 1.29 is 9.90 Å². The van der Waals surface area contributed by atoms with Gasteiger partial charge >= 0.3 is 0 Å². The topological polar surface area (TPSA) is 37.3 Å². The van der Waals surface area contributed by atoms with Gasteiger partial charge in [-0.1, -0.05) is 38.1 Å². The summed E-state index contributed by atoms with van der Waals surface area (Å²) in [5.74, 6) is 0.305. The molecule has 0 heterocycles. The van der Waals surface area contributed by atoms with Crippen LogP contribution >= 0.6 is 0 Å². The van der Waals surface area contributed by atoms with Crippen molar-refractivity contribution in [3.05, 3.63) is 35.4 Å². The number of fused-ring (bicyclic) bond motifs is 1. The van der Waals surface area contributed by atoms with E-state index in [1.54, 1.807) is 0 Å². The second-order valence-corrected chi connectivity index (χ2v) is 5.65. The summed E-state index contributed by atoms with van der Waals surface area (Å²) in [5, 5.41) is 9.82. The van der Waals surface area contributed by atoms with Crippen LogP contribution < -0.4 is 0 Å². The van der Waals surface area contributed by atoms with Gasteiger partial charge in [0.05, 0.1) is 0 Å². The van der Waals surface area contributed by atoms with E-state index in [9.17, 15) is 9.90 Å². The second-order valence-electron chi connectivity index (χ2n) is 5.65. The molecule has 0 radical (unpaired) electrons. The van der Waals surface area contributed by atoms with E-state index in [4.69, 9.17) is 0 Å². The van der Waals surface area contributed by atoms with Crippen molar-refractivity contribution in [3.8, 4) is 0 Å². The minimum atomic E-state index is -0.806. The van der Waals surface area contributed by atoms with E-state index in [1.165, 1.54) is 11.1 Å². The summed E-state index contributed by atoms with van der Waals surface area (Å²) >= 11 is 0. The van der Waals surface area contributed by atoms with Crippen molar-refractivity contribution in [2.24, 2.45) is 5.92 Å². The molecule has 2 heteroatoms. The van der Waals surface area contributed by atoms with Crippen molar-refractivity contribution in [2.75, 3.05) is 0 Å². The molecule has 0 amide bonds. The minimum Gasteiger partial charge on any atom is -0.385 e. The van der Waals surface area contributed by atoms with Gasteiger partial charge in [0.25, 0.3) is 0 Å². The third-order valence-electron chi connectivity index (χ3n) is 3.90. The summed E-state index contributed by atoms with van der Waals surface area (Å²) < 4.78 is 0. The number of ketones is 1. The second kappa shape index (κ2) is 5.66. The van der Waals surface area contributed by atoms with Gasteiger partial charge in [-0.05, 0) is 42.2 Å². The Morgan fingerprint density at radius 1 is 1.39 bits per heavy atom. The Hall–Kier alpha value is -1.15. The highest BCUT2D eigenvalue weighted by Crippen LogP contribution is 2.34. The molecular formula is C16H22O2. The molecule has 1 aromatic carbocycles. The third kappa shape index (κ3) is 2.81. The standard InChI is InChI=1S/C16H22O2/c1-11(2)16(18)15(17)10-13-8-5-7-12-6-3-4-9-14(12)13/h3-4,6,9,11,13,16,18H,5,7-8,10H2,1-2H3. The van der Waals surface area contributed by atoms with Crippen LogP contribution in [0.25, 0.3) is 0 Å². The molecule has 1 aromatic rings. The lowest BCUT2D eigenvalue weighted by atomic mass is 9.79. The SMILES string of the molecule is CC(C)C(O)C(=O)CC1CCCc2ccccc21. The molecule has 0 saturated carbocycles. The number of hydrogen-bond donors (Lipinski definition) is 1. The van der Waals surface area contributed by atoms with Crippen LogP contribution in [0.2, 0.25) is 0 Å². The predicted octanol–water partition coefficient (Wildman–Crippen LogP) is 3.08. The first-order valence-corrected chi connectivity index (χ1v) is 6.88. The van der Waals surface area contributed by atoms with E-state index in [0.717, 1.165) is 19.3 Å². The van der Waals surface area contributed by atoms with Gasteiger partial charge < -0.3 is 5.11 Å². The molecule has 98 valence electrons. The Morgan fingerprint density at radius 3 is 2.83 bits per heavy atom. The molecule has 0 spiro atoms. The van der Waals surface area contributed by atoms with Crippen molar-refractivity contribution in [3.63, 3.8) is 0 Å². The van der Waals surface area contributed by atoms with Gasteiger partial charge in [-0.15, -0.1) is 0 Å². The lowest BCUT2D eigenvalue weighted by Gasteiger charge is -2.26. The Labute approximate surface area is 109 Å². The van der Waals surface area contributed by atoms with Crippen LogP contribution in [0, 0.1) is 5.92 Å². The molecule has 2 atom stereocenters. The van der Waals surface area contributed by atoms with Gasteiger partial charge in [-0.25, -0.2) is 0 Å². The molecular weight excluding hydrogens is 224 g/mol. The van der Waals surface area contributed by atoms with E-state index in [1.807, 2.05) is 19.9 Å². The molecule has 2 unspecified atom stereocenters. The maximum Gasteiger partial charge on any atom is 0.162 e. The molecule has 2 rings (SSSR count). The van der Waals surface area contributed by atoms with Crippen molar-refractivity contribution in [1.29, 1.82) is 0 Å². The van der Waals surface area contributed by atoms with E-state index in [0.29, 0.717) is 12.3 Å². The zero-order valence-electron chi connectivity index (χ0n) is 11.2. The number of aryl methyl sites for hydroxylation is 1.